The Morgan fingerprint density at radius 3 is 2.42 bits per heavy atom. The fourth-order valence-corrected chi connectivity index (χ4v) is 2.46. The van der Waals surface area contributed by atoms with E-state index < -0.39 is 27.9 Å². The lowest BCUT2D eigenvalue weighted by Gasteiger charge is -2.17. The highest BCUT2D eigenvalue weighted by molar-refractivity contribution is 7.92. The van der Waals surface area contributed by atoms with Crippen LogP contribution in [0.25, 0.3) is 0 Å². The van der Waals surface area contributed by atoms with Crippen LogP contribution in [0.3, 0.4) is 0 Å². The van der Waals surface area contributed by atoms with E-state index >= 15 is 0 Å². The molecule has 9 heteroatoms. The number of sulfonamides is 1. The van der Waals surface area contributed by atoms with Gasteiger partial charge in [-0.15, -0.1) is 0 Å². The molecule has 0 unspecified atom stereocenters. The van der Waals surface area contributed by atoms with E-state index in [2.05, 4.69) is 4.72 Å². The topological polar surface area (TPSA) is 108 Å². The van der Waals surface area contributed by atoms with Crippen LogP contribution in [-0.2, 0) is 29.0 Å². The summed E-state index contributed by atoms with van der Waals surface area (Å²) in [6.07, 6.45) is 1.14. The van der Waals surface area contributed by atoms with Crippen molar-refractivity contribution < 1.29 is 32.2 Å². The van der Waals surface area contributed by atoms with Crippen LogP contribution in [0.1, 0.15) is 17.3 Å². The van der Waals surface area contributed by atoms with Crippen LogP contribution in [0.15, 0.2) is 36.3 Å². The van der Waals surface area contributed by atoms with Gasteiger partial charge in [-0.25, -0.2) is 13.2 Å². The van der Waals surface area contributed by atoms with Crippen molar-refractivity contribution in [1.82, 2.24) is 0 Å². The van der Waals surface area contributed by atoms with Crippen molar-refractivity contribution in [2.24, 2.45) is 0 Å². The smallest absolute Gasteiger partial charge is 0.377 e. The Morgan fingerprint density at radius 2 is 1.88 bits per heavy atom. The number of esters is 1. The van der Waals surface area contributed by atoms with Crippen molar-refractivity contribution >= 4 is 27.5 Å². The van der Waals surface area contributed by atoms with Crippen LogP contribution in [-0.4, -0.2) is 45.7 Å². The first-order chi connectivity index (χ1) is 11.3. The molecule has 0 aromatic heterocycles. The number of nitrogens with one attached hydrogen (secondary N) is 1. The lowest BCUT2D eigenvalue weighted by Crippen LogP contribution is -2.27. The van der Waals surface area contributed by atoms with E-state index in [1.807, 2.05) is 0 Å². The quantitative estimate of drug-likeness (QED) is 0.600. The maximum Gasteiger partial charge on any atom is 0.377 e. The maximum atomic E-state index is 12.3. The highest BCUT2D eigenvalue weighted by Gasteiger charge is 2.24. The summed E-state index contributed by atoms with van der Waals surface area (Å²) in [6.45, 7) is 2.02. The number of rotatable bonds is 6. The van der Waals surface area contributed by atoms with Gasteiger partial charge in [0.2, 0.25) is 21.6 Å². The second kappa shape index (κ2) is 7.35. The first-order valence-corrected chi connectivity index (χ1v) is 8.93. The van der Waals surface area contributed by atoms with Crippen molar-refractivity contribution in [3.8, 4) is 0 Å². The molecule has 1 aromatic rings. The Morgan fingerprint density at radius 1 is 1.21 bits per heavy atom. The Kier molecular flexibility index (Phi) is 5.45. The van der Waals surface area contributed by atoms with Crippen molar-refractivity contribution in [3.63, 3.8) is 0 Å². The molecular formula is C15H17NO7S. The minimum Gasteiger partial charge on any atom is -0.493 e. The van der Waals surface area contributed by atoms with Crippen molar-refractivity contribution in [2.45, 2.75) is 13.0 Å². The number of hydrogen-bond donors (Lipinski definition) is 1. The molecule has 0 aliphatic carbocycles. The fraction of sp³-hybridized carbons (Fsp3) is 0.333. The van der Waals surface area contributed by atoms with Gasteiger partial charge in [-0.3, -0.25) is 9.52 Å². The molecule has 2 rings (SSSR count). The zero-order valence-electron chi connectivity index (χ0n) is 13.1. The molecule has 130 valence electrons. The predicted molar refractivity (Wildman–Crippen MR) is 84.8 cm³/mol. The first-order valence-electron chi connectivity index (χ1n) is 7.04. The van der Waals surface area contributed by atoms with E-state index in [4.69, 9.17) is 14.2 Å². The first kappa shape index (κ1) is 17.8. The van der Waals surface area contributed by atoms with Gasteiger partial charge >= 0.3 is 5.97 Å². The van der Waals surface area contributed by atoms with Gasteiger partial charge in [0.15, 0.2) is 6.10 Å². The SMILES string of the molecule is C[C@@H](OC(=O)C1=COCCO1)C(=O)c1ccc(NS(C)(=O)=O)cc1. The normalized spacial score (nSPS) is 15.3. The Balaban J connectivity index is 1.99. The molecule has 0 saturated carbocycles. The van der Waals surface area contributed by atoms with Gasteiger partial charge in [0.05, 0.1) is 6.26 Å². The van der Waals surface area contributed by atoms with E-state index in [0.717, 1.165) is 12.5 Å². The molecule has 1 aliphatic heterocycles. The van der Waals surface area contributed by atoms with E-state index in [0.29, 0.717) is 12.3 Å². The molecule has 0 amide bonds. The molecule has 1 aliphatic rings. The highest BCUT2D eigenvalue weighted by Crippen LogP contribution is 2.15. The largest absolute Gasteiger partial charge is 0.493 e. The van der Waals surface area contributed by atoms with Crippen molar-refractivity contribution in [3.05, 3.63) is 41.9 Å². The van der Waals surface area contributed by atoms with Crippen LogP contribution in [0.2, 0.25) is 0 Å². The third kappa shape index (κ3) is 4.98. The average Bonchev–Trinajstić information content (AvgIpc) is 2.54. The van der Waals surface area contributed by atoms with E-state index in [9.17, 15) is 18.0 Å². The average molecular weight is 355 g/mol. The number of hydrogen-bond acceptors (Lipinski definition) is 7. The summed E-state index contributed by atoms with van der Waals surface area (Å²) in [4.78, 5) is 24.1. The Bertz CT molecular complexity index is 753. The number of carbonyl (C=O) groups excluding carboxylic acids is 2. The second-order valence-corrected chi connectivity index (χ2v) is 6.81. The summed E-state index contributed by atoms with van der Waals surface area (Å²) in [5.41, 5.74) is 0.612. The zero-order chi connectivity index (χ0) is 17.7. The lowest BCUT2D eigenvalue weighted by atomic mass is 10.1. The second-order valence-electron chi connectivity index (χ2n) is 5.06. The lowest BCUT2D eigenvalue weighted by molar-refractivity contribution is -0.147. The predicted octanol–water partition coefficient (Wildman–Crippen LogP) is 1.06. The number of ketones is 1. The Labute approximate surface area is 139 Å². The third-order valence-electron chi connectivity index (χ3n) is 2.98. The van der Waals surface area contributed by atoms with E-state index in [-0.39, 0.29) is 17.9 Å². The van der Waals surface area contributed by atoms with Gasteiger partial charge in [-0.05, 0) is 31.2 Å². The number of Topliss-reactive ketones (excluding diaryl/α,β-unsaturated/α-hetero) is 1. The Hall–Kier alpha value is -2.55. The van der Waals surface area contributed by atoms with Crippen LogP contribution >= 0.6 is 0 Å². The van der Waals surface area contributed by atoms with Gasteiger partial charge in [-0.2, -0.15) is 0 Å². The standard InChI is InChI=1S/C15H17NO7S/c1-10(23-15(18)13-9-21-7-8-22-13)14(17)11-3-5-12(6-4-11)16-24(2,19)20/h3-6,9-10,16H,7-8H2,1-2H3/t10-/m1/s1. The molecule has 0 fully saturated rings. The number of anilines is 1. The molecule has 0 radical (unpaired) electrons. The summed E-state index contributed by atoms with van der Waals surface area (Å²) < 4.78 is 39.6. The molecule has 0 bridgehead atoms. The van der Waals surface area contributed by atoms with E-state index in [1.165, 1.54) is 31.2 Å². The van der Waals surface area contributed by atoms with Gasteiger partial charge < -0.3 is 14.2 Å². The summed E-state index contributed by atoms with van der Waals surface area (Å²) in [5.74, 6) is -1.30. The molecule has 1 N–H and O–H groups in total. The van der Waals surface area contributed by atoms with Crippen LogP contribution in [0.4, 0.5) is 5.69 Å². The minimum absolute atomic E-state index is 0.0893. The van der Waals surface area contributed by atoms with Crippen LogP contribution < -0.4 is 4.72 Å². The van der Waals surface area contributed by atoms with E-state index in [1.54, 1.807) is 0 Å². The molecule has 1 heterocycles. The third-order valence-corrected chi connectivity index (χ3v) is 3.58. The number of carbonyl (C=O) groups is 2. The molecular weight excluding hydrogens is 338 g/mol. The summed E-state index contributed by atoms with van der Waals surface area (Å²) >= 11 is 0. The molecule has 8 nitrogen and oxygen atoms in total. The summed E-state index contributed by atoms with van der Waals surface area (Å²) in [6, 6.07) is 5.78. The van der Waals surface area contributed by atoms with Crippen LogP contribution in [0.5, 0.6) is 0 Å². The molecule has 0 spiro atoms. The van der Waals surface area contributed by atoms with Gasteiger partial charge in [0.25, 0.3) is 0 Å². The molecule has 1 aromatic carbocycles. The summed E-state index contributed by atoms with van der Waals surface area (Å²) in [5, 5.41) is 0. The number of benzene rings is 1. The monoisotopic (exact) mass is 355 g/mol. The van der Waals surface area contributed by atoms with Gasteiger partial charge in [-0.1, -0.05) is 0 Å². The number of ether oxygens (including phenoxy) is 3. The van der Waals surface area contributed by atoms with Crippen molar-refractivity contribution in [1.29, 1.82) is 0 Å². The van der Waals surface area contributed by atoms with Gasteiger partial charge in [0, 0.05) is 11.3 Å². The molecule has 24 heavy (non-hydrogen) atoms. The van der Waals surface area contributed by atoms with Crippen molar-refractivity contribution in [2.75, 3.05) is 24.2 Å². The molecule has 0 saturated heterocycles. The zero-order valence-corrected chi connectivity index (χ0v) is 14.0. The molecule has 1 atom stereocenters. The minimum atomic E-state index is -3.39. The highest BCUT2D eigenvalue weighted by atomic mass is 32.2. The van der Waals surface area contributed by atoms with Crippen LogP contribution in [0, 0.1) is 0 Å². The summed E-state index contributed by atoms with van der Waals surface area (Å²) in [7, 11) is -3.39. The van der Waals surface area contributed by atoms with Gasteiger partial charge in [0.1, 0.15) is 19.5 Å². The maximum absolute atomic E-state index is 12.3. The fourth-order valence-electron chi connectivity index (χ4n) is 1.90.